The van der Waals surface area contributed by atoms with Gasteiger partial charge < -0.3 is 14.4 Å². The fraction of sp³-hybridized carbons (Fsp3) is 0.182. The molecule has 2 aromatic carbocycles. The number of benzene rings is 2. The van der Waals surface area contributed by atoms with Gasteiger partial charge in [-0.1, -0.05) is 55.0 Å². The van der Waals surface area contributed by atoms with Gasteiger partial charge in [0, 0.05) is 49.9 Å². The van der Waals surface area contributed by atoms with Crippen molar-refractivity contribution in [1.82, 2.24) is 15.0 Å². The maximum atomic E-state index is 13.5. The Kier molecular flexibility index (Phi) is 7.19. The minimum absolute atomic E-state index is 0. The van der Waals surface area contributed by atoms with Crippen molar-refractivity contribution in [1.29, 1.82) is 0 Å². The molecule has 1 aliphatic rings. The van der Waals surface area contributed by atoms with E-state index >= 15 is 0 Å². The molecule has 0 saturated carbocycles. The third kappa shape index (κ3) is 4.48. The van der Waals surface area contributed by atoms with Crippen molar-refractivity contribution in [3.63, 3.8) is 0 Å². The van der Waals surface area contributed by atoms with Gasteiger partial charge in [-0.3, -0.25) is 9.37 Å². The molecule has 0 aliphatic heterocycles. The van der Waals surface area contributed by atoms with Crippen LogP contribution >= 0.6 is 0 Å². The Morgan fingerprint density at radius 3 is 2.62 bits per heavy atom. The third-order valence-corrected chi connectivity index (χ3v) is 7.31. The zero-order chi connectivity index (χ0) is 26.4. The van der Waals surface area contributed by atoms with Gasteiger partial charge in [-0.2, -0.15) is 0 Å². The van der Waals surface area contributed by atoms with Crippen LogP contribution < -0.4 is 0 Å². The summed E-state index contributed by atoms with van der Waals surface area (Å²) >= 11 is 0. The fourth-order valence-electron chi connectivity index (χ4n) is 5.54. The van der Waals surface area contributed by atoms with E-state index in [0.717, 1.165) is 62.0 Å². The molecule has 0 saturated heterocycles. The summed E-state index contributed by atoms with van der Waals surface area (Å²) in [5.74, 6) is -0.229. The predicted octanol–water partition coefficient (Wildman–Crippen LogP) is 8.04. The smallest absolute Gasteiger partial charge is 0.139 e. The van der Waals surface area contributed by atoms with Crippen molar-refractivity contribution < 1.29 is 28.9 Å². The Hall–Kier alpha value is -3.73. The molecule has 0 amide bonds. The van der Waals surface area contributed by atoms with E-state index in [1.165, 1.54) is 17.2 Å². The second kappa shape index (κ2) is 10.4. The summed E-state index contributed by atoms with van der Waals surface area (Å²) in [6, 6.07) is 21.1. The van der Waals surface area contributed by atoms with Crippen LogP contribution in [0.2, 0.25) is 0 Å². The molecule has 0 unspecified atom stereocenters. The number of aryl methyl sites for hydroxylation is 2. The Morgan fingerprint density at radius 2 is 1.85 bits per heavy atom. The number of pyridine rings is 3. The molecule has 39 heavy (non-hydrogen) atoms. The number of halogens is 1. The van der Waals surface area contributed by atoms with E-state index in [0.29, 0.717) is 0 Å². The molecule has 4 aromatic heterocycles. The van der Waals surface area contributed by atoms with Crippen LogP contribution in [0.25, 0.3) is 44.5 Å². The maximum absolute atomic E-state index is 13.5. The molecule has 0 spiro atoms. The first-order valence-corrected chi connectivity index (χ1v) is 12.7. The third-order valence-electron chi connectivity index (χ3n) is 7.31. The van der Waals surface area contributed by atoms with Crippen LogP contribution in [0.5, 0.6) is 0 Å². The molecule has 0 N–H and O–H groups in total. The van der Waals surface area contributed by atoms with E-state index in [-0.39, 0.29) is 31.3 Å². The predicted molar refractivity (Wildman–Crippen MR) is 148 cm³/mol. The SMILES string of the molecule is CCc1ccnc2c1C(C)(C)c1cc(F)c[c-]c1-2.Cc1cncc2oc3c(-c4ccccn4)[c-]ccc3c12.[Ir]. The zero-order valence-electron chi connectivity index (χ0n) is 22.1. The summed E-state index contributed by atoms with van der Waals surface area (Å²) in [6.45, 7) is 8.44. The van der Waals surface area contributed by atoms with Gasteiger partial charge in [-0.25, -0.2) is 0 Å². The first-order chi connectivity index (χ1) is 18.4. The fourth-order valence-corrected chi connectivity index (χ4v) is 5.54. The second-order valence-electron chi connectivity index (χ2n) is 10.0. The molecule has 4 heterocycles. The molecule has 0 fully saturated rings. The number of furan rings is 1. The molecule has 6 aromatic rings. The Bertz CT molecular complexity index is 1810. The topological polar surface area (TPSA) is 51.8 Å². The zero-order valence-corrected chi connectivity index (χ0v) is 24.5. The van der Waals surface area contributed by atoms with Gasteiger partial charge in [0.15, 0.2) is 0 Å². The summed E-state index contributed by atoms with van der Waals surface area (Å²) < 4.78 is 19.4. The molecular weight excluding hydrogens is 666 g/mol. The van der Waals surface area contributed by atoms with Crippen molar-refractivity contribution in [2.45, 2.75) is 39.5 Å². The van der Waals surface area contributed by atoms with Gasteiger partial charge in [-0.15, -0.1) is 47.5 Å². The number of fused-ring (bicyclic) bond motifs is 6. The summed E-state index contributed by atoms with van der Waals surface area (Å²) in [5.41, 5.74) is 9.71. The summed E-state index contributed by atoms with van der Waals surface area (Å²) in [6.07, 6.45) is 8.18. The van der Waals surface area contributed by atoms with Crippen LogP contribution in [0.3, 0.4) is 0 Å². The number of aromatic nitrogens is 3. The van der Waals surface area contributed by atoms with E-state index in [1.54, 1.807) is 18.5 Å². The van der Waals surface area contributed by atoms with Gasteiger partial charge in [0.25, 0.3) is 0 Å². The number of hydrogen-bond acceptors (Lipinski definition) is 4. The van der Waals surface area contributed by atoms with Gasteiger partial charge >= 0.3 is 0 Å². The summed E-state index contributed by atoms with van der Waals surface area (Å²) in [4.78, 5) is 13.1. The molecule has 4 nitrogen and oxygen atoms in total. The summed E-state index contributed by atoms with van der Waals surface area (Å²) in [7, 11) is 0. The standard InChI is InChI=1S/C17H11N2O.C16H15FN.Ir/c1-11-9-18-10-15-16(11)13-6-4-5-12(17(13)20-15)14-7-2-3-8-19-14;1-4-10-7-8-18-15-12-6-5-11(17)9-13(12)16(2,3)14(10)15;/h2-4,6-10H,1H3;5,7-9H,4H2,1-3H3;/q2*-1;. The van der Waals surface area contributed by atoms with E-state index in [9.17, 15) is 4.39 Å². The molecular formula is C33H26FIrN3O-2. The first-order valence-electron chi connectivity index (χ1n) is 12.7. The van der Waals surface area contributed by atoms with Gasteiger partial charge in [-0.05, 0) is 47.8 Å². The van der Waals surface area contributed by atoms with E-state index in [1.807, 2.05) is 49.6 Å². The van der Waals surface area contributed by atoms with Crippen LogP contribution in [0.15, 0.2) is 77.7 Å². The Morgan fingerprint density at radius 1 is 1.00 bits per heavy atom. The Labute approximate surface area is 240 Å². The van der Waals surface area contributed by atoms with Crippen molar-refractivity contribution in [2.24, 2.45) is 0 Å². The van der Waals surface area contributed by atoms with Crippen LogP contribution in [-0.2, 0) is 31.9 Å². The van der Waals surface area contributed by atoms with E-state index < -0.39 is 0 Å². The minimum atomic E-state index is -0.229. The quantitative estimate of drug-likeness (QED) is 0.173. The van der Waals surface area contributed by atoms with Crippen molar-refractivity contribution in [2.75, 3.05) is 0 Å². The Balaban J connectivity index is 0.000000155. The first kappa shape index (κ1) is 26.9. The molecule has 6 heteroatoms. The van der Waals surface area contributed by atoms with E-state index in [4.69, 9.17) is 4.42 Å². The van der Waals surface area contributed by atoms with Crippen molar-refractivity contribution in [3.05, 3.63) is 114 Å². The van der Waals surface area contributed by atoms with Crippen LogP contribution in [-0.4, -0.2) is 15.0 Å². The molecule has 0 atom stereocenters. The summed E-state index contributed by atoms with van der Waals surface area (Å²) in [5, 5.41) is 2.19. The molecule has 1 aliphatic carbocycles. The molecule has 0 bridgehead atoms. The van der Waals surface area contributed by atoms with Crippen LogP contribution in [0.1, 0.15) is 43.0 Å². The van der Waals surface area contributed by atoms with Crippen LogP contribution in [0, 0.1) is 24.9 Å². The normalized spacial score (nSPS) is 12.8. The number of hydrogen-bond donors (Lipinski definition) is 0. The number of rotatable bonds is 2. The minimum Gasteiger partial charge on any atom is -0.499 e. The van der Waals surface area contributed by atoms with Gasteiger partial charge in [0.2, 0.25) is 0 Å². The van der Waals surface area contributed by atoms with Gasteiger partial charge in [0.05, 0.1) is 11.8 Å². The monoisotopic (exact) mass is 692 g/mol. The van der Waals surface area contributed by atoms with Crippen LogP contribution in [0.4, 0.5) is 4.39 Å². The average Bonchev–Trinajstić information content (AvgIpc) is 3.43. The number of nitrogens with zero attached hydrogens (tertiary/aromatic N) is 3. The average molecular weight is 692 g/mol. The van der Waals surface area contributed by atoms with Crippen molar-refractivity contribution >= 4 is 21.9 Å². The molecule has 7 rings (SSSR count). The second-order valence-corrected chi connectivity index (χ2v) is 10.0. The molecule has 197 valence electrons. The van der Waals surface area contributed by atoms with Gasteiger partial charge in [0.1, 0.15) is 5.58 Å². The maximum Gasteiger partial charge on any atom is 0.139 e. The van der Waals surface area contributed by atoms with E-state index in [2.05, 4.69) is 53.9 Å². The largest absolute Gasteiger partial charge is 0.499 e. The molecule has 1 radical (unpaired) electrons. The van der Waals surface area contributed by atoms with Crippen molar-refractivity contribution in [3.8, 4) is 22.5 Å².